The zero-order valence-corrected chi connectivity index (χ0v) is 12.6. The van der Waals surface area contributed by atoms with E-state index < -0.39 is 10.3 Å². The molecule has 20 heavy (non-hydrogen) atoms. The van der Waals surface area contributed by atoms with Crippen LogP contribution in [-0.2, 0) is 10.3 Å². The number of benzene rings is 1. The third kappa shape index (κ3) is 2.63. The fourth-order valence-corrected chi connectivity index (χ4v) is 2.85. The molecule has 2 rings (SSSR count). The Morgan fingerprint density at radius 1 is 1.10 bits per heavy atom. The van der Waals surface area contributed by atoms with Crippen LogP contribution in [0, 0.1) is 3.95 Å². The first-order valence-corrected chi connectivity index (χ1v) is 7.28. The molecule has 0 amide bonds. The van der Waals surface area contributed by atoms with E-state index in [1.807, 2.05) is 0 Å². The molecule has 108 valence electrons. The molecule has 0 atom stereocenters. The summed E-state index contributed by atoms with van der Waals surface area (Å²) in [5, 5.41) is 6.92. The average Bonchev–Trinajstić information content (AvgIpc) is 2.95. The summed E-state index contributed by atoms with van der Waals surface area (Å²) in [6.07, 6.45) is 0. The van der Waals surface area contributed by atoms with E-state index in [1.165, 1.54) is 21.3 Å². The fraction of sp³-hybridized carbons (Fsp3) is 0.273. The Kier molecular flexibility index (Phi) is 4.30. The molecule has 7 nitrogen and oxygen atoms in total. The first-order valence-electron chi connectivity index (χ1n) is 5.38. The van der Waals surface area contributed by atoms with E-state index in [2.05, 4.69) is 10.2 Å². The number of nitrogens with zero attached hydrogens (tertiary/aromatic N) is 1. The van der Waals surface area contributed by atoms with Crippen LogP contribution in [0.2, 0.25) is 0 Å². The first kappa shape index (κ1) is 14.4. The lowest BCUT2D eigenvalue weighted by Gasteiger charge is -2.12. The van der Waals surface area contributed by atoms with Crippen LogP contribution in [-0.4, -0.2) is 39.9 Å². The van der Waals surface area contributed by atoms with Crippen molar-refractivity contribution >= 4 is 21.6 Å². The lowest BCUT2D eigenvalue weighted by atomic mass is 10.2. The number of aromatic amines is 1. The van der Waals surface area contributed by atoms with Gasteiger partial charge in [0.2, 0.25) is 20.0 Å². The first-order chi connectivity index (χ1) is 9.60. The number of hydrogen-bond acceptors (Lipinski definition) is 7. The van der Waals surface area contributed by atoms with Gasteiger partial charge in [0.25, 0.3) is 0 Å². The maximum atomic E-state index is 10.9. The number of H-pyrrole nitrogens is 1. The highest BCUT2D eigenvalue weighted by atomic mass is 32.2. The molecular weight excluding hydrogens is 304 g/mol. The second-order valence-corrected chi connectivity index (χ2v) is 5.70. The van der Waals surface area contributed by atoms with Gasteiger partial charge in [0.1, 0.15) is 5.01 Å². The molecule has 0 aliphatic carbocycles. The highest BCUT2D eigenvalue weighted by Crippen LogP contribution is 2.41. The smallest absolute Gasteiger partial charge is 0.250 e. The molecule has 0 aliphatic rings. The highest BCUT2D eigenvalue weighted by molar-refractivity contribution is 7.66. The Labute approximate surface area is 120 Å². The van der Waals surface area contributed by atoms with Gasteiger partial charge in [-0.2, -0.15) is 13.5 Å². The highest BCUT2D eigenvalue weighted by Gasteiger charge is 2.15. The van der Waals surface area contributed by atoms with E-state index in [4.69, 9.17) is 14.2 Å². The van der Waals surface area contributed by atoms with Gasteiger partial charge in [-0.3, -0.25) is 5.10 Å². The zero-order chi connectivity index (χ0) is 14.7. The molecule has 1 N–H and O–H groups in total. The molecular formula is C11H12N2O5S2. The number of nitrogens with one attached hydrogen (secondary N) is 1. The topological polar surface area (TPSA) is 90.5 Å². The van der Waals surface area contributed by atoms with Gasteiger partial charge in [0.05, 0.1) is 21.3 Å². The van der Waals surface area contributed by atoms with Gasteiger partial charge in [-0.25, -0.2) is 0 Å². The summed E-state index contributed by atoms with van der Waals surface area (Å²) in [5.74, 6) is 1.41. The van der Waals surface area contributed by atoms with Gasteiger partial charge in [0.15, 0.2) is 11.5 Å². The second-order valence-electron chi connectivity index (χ2n) is 3.57. The van der Waals surface area contributed by atoms with Crippen molar-refractivity contribution < 1.29 is 22.6 Å². The Bertz CT molecular complexity index is 758. The molecule has 0 saturated carbocycles. The van der Waals surface area contributed by atoms with E-state index >= 15 is 0 Å². The number of aromatic nitrogens is 2. The van der Waals surface area contributed by atoms with E-state index in [9.17, 15) is 8.42 Å². The molecule has 9 heteroatoms. The minimum absolute atomic E-state index is 0.0498. The predicted molar refractivity (Wildman–Crippen MR) is 73.7 cm³/mol. The average molecular weight is 316 g/mol. The normalized spacial score (nSPS) is 10.2. The van der Waals surface area contributed by atoms with Crippen LogP contribution >= 0.6 is 11.3 Å². The summed E-state index contributed by atoms with van der Waals surface area (Å²) in [6, 6.07) is 3.40. The van der Waals surface area contributed by atoms with Crippen molar-refractivity contribution in [2.45, 2.75) is 0 Å². The van der Waals surface area contributed by atoms with Crippen LogP contribution in [0.5, 0.6) is 17.2 Å². The van der Waals surface area contributed by atoms with E-state index in [-0.39, 0.29) is 3.95 Å². The minimum atomic E-state index is -2.34. The van der Waals surface area contributed by atoms with Gasteiger partial charge in [0, 0.05) is 5.56 Å². The van der Waals surface area contributed by atoms with Crippen molar-refractivity contribution in [3.8, 4) is 27.8 Å². The second kappa shape index (κ2) is 5.97. The predicted octanol–water partition coefficient (Wildman–Crippen LogP) is 1.58. The molecule has 1 aromatic carbocycles. The van der Waals surface area contributed by atoms with Crippen molar-refractivity contribution in [1.82, 2.24) is 10.2 Å². The number of methoxy groups -OCH3 is 3. The molecule has 0 fully saturated rings. The Morgan fingerprint density at radius 3 is 2.10 bits per heavy atom. The van der Waals surface area contributed by atoms with Crippen molar-refractivity contribution in [2.24, 2.45) is 0 Å². The SMILES string of the molecule is COc1cc(-c2n[nH]c(=S(=O)=O)s2)cc(OC)c1OC. The molecule has 0 spiro atoms. The summed E-state index contributed by atoms with van der Waals surface area (Å²) in [6.45, 7) is 0. The molecule has 0 aliphatic heterocycles. The Morgan fingerprint density at radius 2 is 1.70 bits per heavy atom. The molecule has 2 aromatic rings. The molecule has 0 bridgehead atoms. The summed E-state index contributed by atoms with van der Waals surface area (Å²) >= 11 is 1.01. The largest absolute Gasteiger partial charge is 0.493 e. The summed E-state index contributed by atoms with van der Waals surface area (Å²) in [4.78, 5) is 0. The van der Waals surface area contributed by atoms with Crippen molar-refractivity contribution in [2.75, 3.05) is 21.3 Å². The fourth-order valence-electron chi connectivity index (χ4n) is 1.63. The van der Waals surface area contributed by atoms with Crippen LogP contribution < -0.4 is 14.2 Å². The van der Waals surface area contributed by atoms with Crippen LogP contribution in [0.25, 0.3) is 10.6 Å². The van der Waals surface area contributed by atoms with Gasteiger partial charge in [-0.1, -0.05) is 11.3 Å². The summed E-state index contributed by atoms with van der Waals surface area (Å²) in [7, 11) is 2.19. The van der Waals surface area contributed by atoms with Crippen LogP contribution in [0.15, 0.2) is 12.1 Å². The lowest BCUT2D eigenvalue weighted by Crippen LogP contribution is -1.95. The third-order valence-corrected chi connectivity index (χ3v) is 4.35. The van der Waals surface area contributed by atoms with Crippen molar-refractivity contribution in [3.63, 3.8) is 0 Å². The molecule has 0 unspecified atom stereocenters. The monoisotopic (exact) mass is 316 g/mol. The number of hydrogen-bond donors (Lipinski definition) is 1. The van der Waals surface area contributed by atoms with E-state index in [0.717, 1.165) is 11.3 Å². The minimum Gasteiger partial charge on any atom is -0.493 e. The molecule has 1 aromatic heterocycles. The Hall–Kier alpha value is -2.00. The van der Waals surface area contributed by atoms with Crippen molar-refractivity contribution in [3.05, 3.63) is 16.1 Å². The van der Waals surface area contributed by atoms with Gasteiger partial charge < -0.3 is 14.2 Å². The van der Waals surface area contributed by atoms with Gasteiger partial charge in [-0.05, 0) is 12.1 Å². The lowest BCUT2D eigenvalue weighted by molar-refractivity contribution is 0.324. The van der Waals surface area contributed by atoms with Crippen LogP contribution in [0.3, 0.4) is 0 Å². The summed E-state index contributed by atoms with van der Waals surface area (Å²) < 4.78 is 37.5. The molecule has 1 heterocycles. The molecule has 0 radical (unpaired) electrons. The van der Waals surface area contributed by atoms with Crippen LogP contribution in [0.4, 0.5) is 0 Å². The van der Waals surface area contributed by atoms with Gasteiger partial charge >= 0.3 is 0 Å². The summed E-state index contributed by atoms with van der Waals surface area (Å²) in [5.41, 5.74) is 0.664. The Balaban J connectivity index is 2.65. The van der Waals surface area contributed by atoms with Crippen LogP contribution in [0.1, 0.15) is 0 Å². The quantitative estimate of drug-likeness (QED) is 0.861. The standard InChI is InChI=1S/C11H12N2O5S2/c1-16-7-4-6(5-8(17-2)9(7)18-3)10-12-13-11(19-10)20(14)15/h4-5,13H,1-3H3. The molecule has 0 saturated heterocycles. The number of rotatable bonds is 4. The number of ether oxygens (including phenoxy) is 3. The van der Waals surface area contributed by atoms with E-state index in [1.54, 1.807) is 12.1 Å². The maximum Gasteiger partial charge on any atom is 0.250 e. The van der Waals surface area contributed by atoms with E-state index in [0.29, 0.717) is 27.8 Å². The van der Waals surface area contributed by atoms with Crippen molar-refractivity contribution in [1.29, 1.82) is 0 Å². The third-order valence-electron chi connectivity index (χ3n) is 2.50. The zero-order valence-electron chi connectivity index (χ0n) is 11.0. The van der Waals surface area contributed by atoms with Gasteiger partial charge in [-0.15, -0.1) is 0 Å². The maximum absolute atomic E-state index is 10.9.